The Labute approximate surface area is 177 Å². The molecule has 2 rings (SSSR count). The summed E-state index contributed by atoms with van der Waals surface area (Å²) >= 11 is 12.1. The van der Waals surface area contributed by atoms with Gasteiger partial charge in [0.2, 0.25) is 0 Å². The second-order valence-electron chi connectivity index (χ2n) is 5.70. The summed E-state index contributed by atoms with van der Waals surface area (Å²) in [5.74, 6) is -1.04. The summed E-state index contributed by atoms with van der Waals surface area (Å²) in [6.07, 6.45) is 1.32. The van der Waals surface area contributed by atoms with Crippen LogP contribution in [0.4, 0.5) is 0 Å². The molecule has 1 amide bonds. The van der Waals surface area contributed by atoms with E-state index < -0.39 is 18.5 Å². The third-order valence-corrected chi connectivity index (χ3v) is 4.21. The number of hydrogen-bond acceptors (Lipinski definition) is 5. The minimum absolute atomic E-state index is 0.00958. The third-order valence-electron chi connectivity index (χ3n) is 3.65. The van der Waals surface area contributed by atoms with Gasteiger partial charge >= 0.3 is 5.97 Å². The first-order chi connectivity index (χ1) is 13.8. The van der Waals surface area contributed by atoms with Crippen LogP contribution in [-0.2, 0) is 16.1 Å². The highest BCUT2D eigenvalue weighted by atomic mass is 35.5. The molecule has 2 aromatic rings. The fourth-order valence-corrected chi connectivity index (χ4v) is 2.88. The highest BCUT2D eigenvalue weighted by molar-refractivity contribution is 6.37. The molecule has 0 bridgehead atoms. The van der Waals surface area contributed by atoms with E-state index in [9.17, 15) is 14.9 Å². The lowest BCUT2D eigenvalue weighted by Gasteiger charge is -2.09. The van der Waals surface area contributed by atoms with Crippen molar-refractivity contribution >= 4 is 41.2 Å². The quantitative estimate of drug-likeness (QED) is 0.484. The van der Waals surface area contributed by atoms with E-state index in [4.69, 9.17) is 37.8 Å². The molecule has 150 valence electrons. The number of methoxy groups -OCH3 is 1. The van der Waals surface area contributed by atoms with Crippen molar-refractivity contribution in [2.75, 3.05) is 13.7 Å². The molecule has 0 saturated heterocycles. The number of ether oxygens (including phenoxy) is 2. The Kier molecular flexibility index (Phi) is 7.89. The number of hydrogen-bond donors (Lipinski definition) is 2. The Morgan fingerprint density at radius 2 is 1.83 bits per heavy atom. The van der Waals surface area contributed by atoms with Gasteiger partial charge in [-0.05, 0) is 41.5 Å². The van der Waals surface area contributed by atoms with Gasteiger partial charge in [-0.3, -0.25) is 4.79 Å². The molecule has 0 spiro atoms. The summed E-state index contributed by atoms with van der Waals surface area (Å²) in [5.41, 5.74) is 1.08. The van der Waals surface area contributed by atoms with E-state index in [2.05, 4.69) is 5.32 Å². The Morgan fingerprint density at radius 1 is 1.21 bits per heavy atom. The number of carbonyl (C=O) groups is 2. The molecule has 0 fully saturated rings. The van der Waals surface area contributed by atoms with Gasteiger partial charge in [0, 0.05) is 6.54 Å². The molecule has 0 aliphatic carbocycles. The zero-order chi connectivity index (χ0) is 21.4. The number of carbonyl (C=O) groups excluding carboxylic acids is 1. The van der Waals surface area contributed by atoms with Gasteiger partial charge in [0.25, 0.3) is 5.91 Å². The van der Waals surface area contributed by atoms with Gasteiger partial charge in [0.1, 0.15) is 17.4 Å². The Hall–Kier alpha value is -3.21. The molecule has 0 saturated carbocycles. The molecule has 0 aliphatic rings. The van der Waals surface area contributed by atoms with Crippen LogP contribution < -0.4 is 14.8 Å². The topological polar surface area (TPSA) is 109 Å². The van der Waals surface area contributed by atoms with Gasteiger partial charge in [-0.1, -0.05) is 35.3 Å². The van der Waals surface area contributed by atoms with Crippen LogP contribution in [0.3, 0.4) is 0 Å². The van der Waals surface area contributed by atoms with Crippen LogP contribution in [0.2, 0.25) is 10.0 Å². The summed E-state index contributed by atoms with van der Waals surface area (Å²) in [6, 6.07) is 11.8. The average molecular weight is 435 g/mol. The molecular formula is C20H16Cl2N2O5. The number of carboxylic acids is 1. The number of nitriles is 1. The van der Waals surface area contributed by atoms with E-state index in [1.807, 2.05) is 6.07 Å². The largest absolute Gasteiger partial charge is 0.497 e. The van der Waals surface area contributed by atoms with E-state index in [1.165, 1.54) is 18.2 Å². The number of nitrogens with zero attached hydrogens (tertiary/aromatic N) is 1. The molecule has 0 atom stereocenters. The summed E-state index contributed by atoms with van der Waals surface area (Å²) < 4.78 is 10.1. The van der Waals surface area contributed by atoms with Crippen LogP contribution in [-0.4, -0.2) is 30.7 Å². The van der Waals surface area contributed by atoms with Gasteiger partial charge in [-0.15, -0.1) is 0 Å². The fourth-order valence-electron chi connectivity index (χ4n) is 2.27. The number of nitrogens with one attached hydrogen (secondary N) is 1. The van der Waals surface area contributed by atoms with E-state index in [0.29, 0.717) is 11.3 Å². The van der Waals surface area contributed by atoms with Crippen LogP contribution in [0.1, 0.15) is 11.1 Å². The van der Waals surface area contributed by atoms with E-state index in [0.717, 1.165) is 5.56 Å². The Bertz CT molecular complexity index is 958. The van der Waals surface area contributed by atoms with Crippen molar-refractivity contribution in [3.8, 4) is 17.6 Å². The molecule has 7 nitrogen and oxygen atoms in total. The monoisotopic (exact) mass is 434 g/mol. The number of halogens is 2. The van der Waals surface area contributed by atoms with Gasteiger partial charge < -0.3 is 19.9 Å². The zero-order valence-electron chi connectivity index (χ0n) is 15.2. The molecule has 0 aliphatic heterocycles. The van der Waals surface area contributed by atoms with Crippen molar-refractivity contribution in [2.24, 2.45) is 0 Å². The molecular weight excluding hydrogens is 419 g/mol. The number of carboxylic acid groups (broad SMARTS) is 1. The zero-order valence-corrected chi connectivity index (χ0v) is 16.8. The van der Waals surface area contributed by atoms with Crippen molar-refractivity contribution in [2.45, 2.75) is 6.54 Å². The van der Waals surface area contributed by atoms with Crippen LogP contribution in [0.25, 0.3) is 6.08 Å². The van der Waals surface area contributed by atoms with Crippen LogP contribution in [0.15, 0.2) is 42.0 Å². The number of aliphatic carboxylic acids is 1. The van der Waals surface area contributed by atoms with Crippen molar-refractivity contribution in [3.63, 3.8) is 0 Å². The highest BCUT2D eigenvalue weighted by Crippen LogP contribution is 2.34. The molecule has 0 radical (unpaired) electrons. The molecule has 29 heavy (non-hydrogen) atoms. The first-order valence-electron chi connectivity index (χ1n) is 8.20. The maximum Gasteiger partial charge on any atom is 0.341 e. The van der Waals surface area contributed by atoms with Crippen LogP contribution in [0, 0.1) is 11.3 Å². The molecule has 9 heteroatoms. The number of rotatable bonds is 8. The SMILES string of the molecule is COc1ccc(CNC(=O)/C(C#N)=C\c2cc(Cl)c(OCC(=O)O)c(Cl)c2)cc1. The van der Waals surface area contributed by atoms with Gasteiger partial charge in [-0.25, -0.2) is 4.79 Å². The minimum Gasteiger partial charge on any atom is -0.497 e. The Morgan fingerprint density at radius 3 is 2.34 bits per heavy atom. The second-order valence-corrected chi connectivity index (χ2v) is 6.51. The van der Waals surface area contributed by atoms with Crippen molar-refractivity contribution < 1.29 is 24.2 Å². The molecule has 2 aromatic carbocycles. The molecule has 0 aromatic heterocycles. The lowest BCUT2D eigenvalue weighted by molar-refractivity contribution is -0.139. The first-order valence-corrected chi connectivity index (χ1v) is 8.96. The predicted octanol–water partition coefficient (Wildman–Crippen LogP) is 3.69. The molecule has 0 unspecified atom stereocenters. The van der Waals surface area contributed by atoms with E-state index >= 15 is 0 Å². The fraction of sp³-hybridized carbons (Fsp3) is 0.150. The minimum atomic E-state index is -1.18. The lowest BCUT2D eigenvalue weighted by Crippen LogP contribution is -2.23. The van der Waals surface area contributed by atoms with Crippen molar-refractivity contribution in [1.82, 2.24) is 5.32 Å². The summed E-state index contributed by atoms with van der Waals surface area (Å²) in [7, 11) is 1.56. The molecule has 2 N–H and O–H groups in total. The van der Waals surface area contributed by atoms with Gasteiger partial charge in [-0.2, -0.15) is 5.26 Å². The first kappa shape index (κ1) is 22.1. The van der Waals surface area contributed by atoms with Crippen LogP contribution in [0.5, 0.6) is 11.5 Å². The number of benzene rings is 2. The maximum atomic E-state index is 12.3. The van der Waals surface area contributed by atoms with E-state index in [1.54, 1.807) is 31.4 Å². The average Bonchev–Trinajstić information content (AvgIpc) is 2.69. The third kappa shape index (κ3) is 6.42. The van der Waals surface area contributed by atoms with Gasteiger partial charge in [0.15, 0.2) is 12.4 Å². The van der Waals surface area contributed by atoms with Crippen molar-refractivity contribution in [1.29, 1.82) is 5.26 Å². The smallest absolute Gasteiger partial charge is 0.341 e. The lowest BCUT2D eigenvalue weighted by atomic mass is 10.1. The summed E-state index contributed by atoms with van der Waals surface area (Å²) in [4.78, 5) is 22.9. The standard InChI is InChI=1S/C20H16Cl2N2O5/c1-28-15-4-2-12(3-5-15)10-24-20(27)14(9-23)6-13-7-16(21)19(17(22)8-13)29-11-18(25)26/h2-8H,10-11H2,1H3,(H,24,27)(H,25,26)/b14-6-. The highest BCUT2D eigenvalue weighted by Gasteiger charge is 2.13. The maximum absolute atomic E-state index is 12.3. The summed E-state index contributed by atoms with van der Waals surface area (Å²) in [6.45, 7) is -0.378. The predicted molar refractivity (Wildman–Crippen MR) is 108 cm³/mol. The Balaban J connectivity index is 2.12. The van der Waals surface area contributed by atoms with Crippen LogP contribution >= 0.6 is 23.2 Å². The van der Waals surface area contributed by atoms with E-state index in [-0.39, 0.29) is 27.9 Å². The molecule has 0 heterocycles. The summed E-state index contributed by atoms with van der Waals surface area (Å²) in [5, 5.41) is 20.8. The van der Waals surface area contributed by atoms with Gasteiger partial charge in [0.05, 0.1) is 17.2 Å². The number of amides is 1. The normalized spacial score (nSPS) is 10.8. The van der Waals surface area contributed by atoms with Crippen molar-refractivity contribution in [3.05, 3.63) is 63.1 Å². The second kappa shape index (κ2) is 10.4.